The van der Waals surface area contributed by atoms with Crippen LogP contribution in [0.2, 0.25) is 0 Å². The number of hydrogen-bond acceptors (Lipinski definition) is 5. The van der Waals surface area contributed by atoms with Crippen molar-refractivity contribution in [2.75, 3.05) is 13.1 Å². The monoisotopic (exact) mass is 444 g/mol. The number of nitrogens with zero attached hydrogens (tertiary/aromatic N) is 1. The van der Waals surface area contributed by atoms with Gasteiger partial charge in [-0.1, -0.05) is 31.9 Å². The van der Waals surface area contributed by atoms with Gasteiger partial charge in [-0.15, -0.1) is 6.42 Å². The summed E-state index contributed by atoms with van der Waals surface area (Å²) in [4.78, 5) is 39.0. The number of carbonyl (C=O) groups is 3. The van der Waals surface area contributed by atoms with Crippen molar-refractivity contribution in [3.8, 4) is 12.3 Å². The molecule has 4 atom stereocenters. The van der Waals surface area contributed by atoms with E-state index in [9.17, 15) is 24.6 Å². The molecule has 1 heterocycles. The van der Waals surface area contributed by atoms with Crippen molar-refractivity contribution >= 4 is 17.9 Å². The van der Waals surface area contributed by atoms with Gasteiger partial charge in [0.25, 0.3) is 0 Å². The van der Waals surface area contributed by atoms with E-state index < -0.39 is 41.5 Å². The molecule has 0 radical (unpaired) electrons. The molecule has 3 amide bonds. The number of amides is 3. The van der Waals surface area contributed by atoms with E-state index in [0.29, 0.717) is 6.42 Å². The van der Waals surface area contributed by atoms with Gasteiger partial charge in [0.1, 0.15) is 12.1 Å². The Morgan fingerprint density at radius 3 is 2.44 bits per heavy atom. The molecule has 1 aromatic carbocycles. The number of aliphatic hydroxyl groups is 1. The van der Waals surface area contributed by atoms with Gasteiger partial charge in [-0.2, -0.15) is 0 Å². The van der Waals surface area contributed by atoms with Crippen molar-refractivity contribution in [1.29, 1.82) is 0 Å². The molecular formula is C23H32N4O5. The smallest absolute Gasteiger partial charge is 0.405 e. The normalized spacial score (nSPS) is 20.2. The van der Waals surface area contributed by atoms with Gasteiger partial charge in [0.05, 0.1) is 12.1 Å². The summed E-state index contributed by atoms with van der Waals surface area (Å²) in [5.74, 6) is 1.55. The molecule has 1 saturated heterocycles. The van der Waals surface area contributed by atoms with Gasteiger partial charge < -0.3 is 31.5 Å². The van der Waals surface area contributed by atoms with Crippen LogP contribution in [0.1, 0.15) is 50.8 Å². The Bertz CT molecular complexity index is 877. The van der Waals surface area contributed by atoms with E-state index in [1.807, 2.05) is 12.1 Å². The molecule has 0 spiro atoms. The average molecular weight is 445 g/mol. The Morgan fingerprint density at radius 2 is 1.91 bits per heavy atom. The summed E-state index contributed by atoms with van der Waals surface area (Å²) in [5, 5.41) is 24.6. The molecule has 9 nitrogen and oxygen atoms in total. The van der Waals surface area contributed by atoms with E-state index in [1.165, 1.54) is 4.90 Å². The van der Waals surface area contributed by atoms with Crippen LogP contribution in [0.25, 0.3) is 0 Å². The van der Waals surface area contributed by atoms with Crippen LogP contribution in [-0.4, -0.2) is 64.3 Å². The lowest BCUT2D eigenvalue weighted by Gasteiger charge is -2.37. The summed E-state index contributed by atoms with van der Waals surface area (Å²) in [6.07, 6.45) is 3.59. The number of carbonyl (C=O) groups excluding carboxylic acids is 2. The quantitative estimate of drug-likeness (QED) is 0.375. The fourth-order valence-corrected chi connectivity index (χ4v) is 3.96. The molecule has 1 aromatic rings. The Labute approximate surface area is 188 Å². The van der Waals surface area contributed by atoms with Gasteiger partial charge in [0.15, 0.2) is 0 Å². The fraction of sp³-hybridized carbons (Fsp3) is 0.522. The minimum Gasteiger partial charge on any atom is -0.465 e. The summed E-state index contributed by atoms with van der Waals surface area (Å²) in [6.45, 7) is 5.49. The first-order valence-corrected chi connectivity index (χ1v) is 10.5. The summed E-state index contributed by atoms with van der Waals surface area (Å²) >= 11 is 0. The van der Waals surface area contributed by atoms with E-state index in [1.54, 1.807) is 32.9 Å². The van der Waals surface area contributed by atoms with Crippen molar-refractivity contribution in [3.05, 3.63) is 35.4 Å². The van der Waals surface area contributed by atoms with Crippen LogP contribution >= 0.6 is 0 Å². The molecule has 1 aliphatic heterocycles. The number of hydrogen-bond donors (Lipinski definition) is 5. The van der Waals surface area contributed by atoms with Crippen molar-refractivity contribution in [1.82, 2.24) is 15.5 Å². The van der Waals surface area contributed by atoms with E-state index in [-0.39, 0.29) is 25.6 Å². The second-order valence-corrected chi connectivity index (χ2v) is 8.80. The van der Waals surface area contributed by atoms with Gasteiger partial charge in [-0.3, -0.25) is 9.59 Å². The highest BCUT2D eigenvalue weighted by atomic mass is 16.4. The number of rotatable bonds is 8. The highest BCUT2D eigenvalue weighted by molar-refractivity contribution is 5.92. The maximum atomic E-state index is 13.3. The number of nitrogens with two attached hydrogens (primary N) is 1. The molecule has 9 heteroatoms. The zero-order chi connectivity index (χ0) is 24.1. The minimum absolute atomic E-state index is 0.0569. The Hall–Kier alpha value is -3.09. The summed E-state index contributed by atoms with van der Waals surface area (Å²) in [6, 6.07) is 4.79. The predicted molar refractivity (Wildman–Crippen MR) is 119 cm³/mol. The molecule has 174 valence electrons. The molecular weight excluding hydrogens is 412 g/mol. The third-order valence-corrected chi connectivity index (χ3v) is 5.89. The number of benzene rings is 1. The van der Waals surface area contributed by atoms with Gasteiger partial charge in [0.2, 0.25) is 11.8 Å². The lowest BCUT2D eigenvalue weighted by molar-refractivity contribution is -0.142. The molecule has 1 fully saturated rings. The van der Waals surface area contributed by atoms with E-state index >= 15 is 0 Å². The third kappa shape index (κ3) is 5.99. The molecule has 0 bridgehead atoms. The van der Waals surface area contributed by atoms with Crippen LogP contribution < -0.4 is 16.4 Å². The zero-order valence-corrected chi connectivity index (χ0v) is 18.7. The number of nitrogens with one attached hydrogen (secondary N) is 2. The first-order valence-electron chi connectivity index (χ1n) is 10.5. The number of terminal acetylenes is 1. The second-order valence-electron chi connectivity index (χ2n) is 8.80. The molecule has 0 aromatic heterocycles. The maximum Gasteiger partial charge on any atom is 0.405 e. The van der Waals surface area contributed by atoms with Crippen LogP contribution in [0.4, 0.5) is 4.79 Å². The third-order valence-electron chi connectivity index (χ3n) is 5.89. The first-order chi connectivity index (χ1) is 15.0. The van der Waals surface area contributed by atoms with Gasteiger partial charge >= 0.3 is 6.09 Å². The average Bonchev–Trinajstić information content (AvgIpc) is 3.13. The zero-order valence-electron chi connectivity index (χ0n) is 18.7. The van der Waals surface area contributed by atoms with E-state index in [4.69, 9.17) is 12.2 Å². The fourth-order valence-electron chi connectivity index (χ4n) is 3.96. The number of carboxylic acid groups (broad SMARTS) is 1. The van der Waals surface area contributed by atoms with Crippen molar-refractivity contribution in [2.24, 2.45) is 11.1 Å². The Balaban J connectivity index is 2.20. The van der Waals surface area contributed by atoms with Gasteiger partial charge in [-0.05, 0) is 43.0 Å². The van der Waals surface area contributed by atoms with Crippen LogP contribution in [0.15, 0.2) is 24.3 Å². The summed E-state index contributed by atoms with van der Waals surface area (Å²) in [7, 11) is 0. The summed E-state index contributed by atoms with van der Waals surface area (Å²) in [5.41, 5.74) is 6.42. The lowest BCUT2D eigenvalue weighted by atomic mass is 9.80. The van der Waals surface area contributed by atoms with Crippen LogP contribution in [0.3, 0.4) is 0 Å². The molecule has 1 aliphatic rings. The van der Waals surface area contributed by atoms with E-state index in [2.05, 4.69) is 16.6 Å². The number of aliphatic hydroxyl groups excluding tert-OH is 1. The summed E-state index contributed by atoms with van der Waals surface area (Å²) < 4.78 is 0. The Morgan fingerprint density at radius 1 is 1.28 bits per heavy atom. The molecule has 0 aliphatic carbocycles. The Kier molecular flexibility index (Phi) is 8.25. The predicted octanol–water partition coefficient (Wildman–Crippen LogP) is 0.818. The lowest BCUT2D eigenvalue weighted by Crippen LogP contribution is -2.58. The molecule has 0 unspecified atom stereocenters. The van der Waals surface area contributed by atoms with E-state index in [0.717, 1.165) is 11.1 Å². The second kappa shape index (κ2) is 10.5. The van der Waals surface area contributed by atoms with Crippen molar-refractivity contribution < 1.29 is 24.6 Å². The number of β-amino-alcohol motifs (C(OH)–C–C–N with tert-alkyl or cyclic N) is 1. The van der Waals surface area contributed by atoms with Crippen LogP contribution in [0, 0.1) is 17.8 Å². The standard InChI is InChI=1S/C23H32N4O5/c1-5-15-6-8-16(9-7-15)14(2)25-20(29)18-12-17(28)13-27(18)21(30)19(26-22(31)32)23(3,4)10-11-24/h1,6-9,14,17-19,26,28H,10-13,24H2,2-4H3,(H,25,29)(H,31,32)/t14-,17+,18-,19-/m0/s1. The highest BCUT2D eigenvalue weighted by Gasteiger charge is 2.45. The van der Waals surface area contributed by atoms with Crippen molar-refractivity contribution in [3.63, 3.8) is 0 Å². The topological polar surface area (TPSA) is 145 Å². The molecule has 6 N–H and O–H groups in total. The minimum atomic E-state index is -1.35. The van der Waals surface area contributed by atoms with Gasteiger partial charge in [-0.25, -0.2) is 4.79 Å². The largest absolute Gasteiger partial charge is 0.465 e. The van der Waals surface area contributed by atoms with Crippen LogP contribution in [-0.2, 0) is 9.59 Å². The van der Waals surface area contributed by atoms with Crippen molar-refractivity contribution in [2.45, 2.75) is 57.8 Å². The molecule has 32 heavy (non-hydrogen) atoms. The molecule has 0 saturated carbocycles. The maximum absolute atomic E-state index is 13.3. The van der Waals surface area contributed by atoms with Crippen LogP contribution in [0.5, 0.6) is 0 Å². The van der Waals surface area contributed by atoms with Gasteiger partial charge in [0, 0.05) is 18.5 Å². The SMILES string of the molecule is C#Cc1ccc([C@H](C)NC(=O)[C@@H]2C[C@@H](O)CN2C(=O)[C@H](NC(=O)O)C(C)(C)CCN)cc1. The molecule has 2 rings (SSSR count). The first kappa shape index (κ1) is 25.2. The highest BCUT2D eigenvalue weighted by Crippen LogP contribution is 2.29. The number of likely N-dealkylation sites (tertiary alicyclic amines) is 1.